The smallest absolute Gasteiger partial charge is 0.410 e. The van der Waals surface area contributed by atoms with Crippen LogP contribution in [-0.4, -0.2) is 53.7 Å². The lowest BCUT2D eigenvalue weighted by molar-refractivity contribution is 0.0940. The maximum absolute atomic E-state index is 12.4. The van der Waals surface area contributed by atoms with Gasteiger partial charge >= 0.3 is 6.09 Å². The van der Waals surface area contributed by atoms with E-state index in [1.54, 1.807) is 4.90 Å². The van der Waals surface area contributed by atoms with Crippen LogP contribution in [0.4, 0.5) is 10.7 Å². The molecule has 2 aromatic carbocycles. The zero-order valence-electron chi connectivity index (χ0n) is 17.6. The zero-order valence-corrected chi connectivity index (χ0v) is 17.6. The van der Waals surface area contributed by atoms with E-state index in [2.05, 4.69) is 9.88 Å². The Morgan fingerprint density at radius 3 is 2.52 bits per heavy atom. The van der Waals surface area contributed by atoms with Gasteiger partial charge in [-0.05, 0) is 24.6 Å². The standard InChI is InChI=1S/C24H26N4O3/c1-2-3-17-30-22-20-11-7-8-12-21(20)25-23(26-22)27-13-15-28(16-14-27)24(29)31-18-19-9-5-4-6-10-19/h2-12H,13-18H2,1H3/b3-2+. The molecule has 0 saturated carbocycles. The van der Waals surface area contributed by atoms with Gasteiger partial charge in [-0.3, -0.25) is 0 Å². The van der Waals surface area contributed by atoms with E-state index in [1.165, 1.54) is 0 Å². The number of carbonyl (C=O) groups is 1. The van der Waals surface area contributed by atoms with Crippen molar-refractivity contribution in [3.05, 3.63) is 72.3 Å². The summed E-state index contributed by atoms with van der Waals surface area (Å²) in [6.07, 6.45) is 3.59. The number of fused-ring (bicyclic) bond motifs is 1. The molecule has 31 heavy (non-hydrogen) atoms. The first kappa shape index (κ1) is 20.7. The van der Waals surface area contributed by atoms with E-state index in [0.29, 0.717) is 44.6 Å². The predicted octanol–water partition coefficient (Wildman–Crippen LogP) is 4.04. The normalized spacial score (nSPS) is 14.2. The minimum atomic E-state index is -0.293. The number of aromatic nitrogens is 2. The molecule has 0 aliphatic carbocycles. The van der Waals surface area contributed by atoms with Crippen molar-refractivity contribution in [3.8, 4) is 5.88 Å². The van der Waals surface area contributed by atoms with Crippen LogP contribution < -0.4 is 9.64 Å². The average molecular weight is 418 g/mol. The minimum Gasteiger partial charge on any atom is -0.473 e. The third kappa shape index (κ3) is 5.12. The summed E-state index contributed by atoms with van der Waals surface area (Å²) in [6, 6.07) is 17.5. The van der Waals surface area contributed by atoms with E-state index in [-0.39, 0.29) is 12.7 Å². The van der Waals surface area contributed by atoms with Crippen LogP contribution in [0.1, 0.15) is 12.5 Å². The zero-order chi connectivity index (χ0) is 21.5. The van der Waals surface area contributed by atoms with Gasteiger partial charge in [0.2, 0.25) is 11.8 Å². The molecule has 1 amide bonds. The van der Waals surface area contributed by atoms with E-state index in [1.807, 2.05) is 73.7 Å². The number of hydrogen-bond donors (Lipinski definition) is 0. The van der Waals surface area contributed by atoms with Gasteiger partial charge < -0.3 is 19.3 Å². The van der Waals surface area contributed by atoms with Gasteiger partial charge in [0.1, 0.15) is 13.2 Å². The Kier molecular flexibility index (Phi) is 6.62. The molecule has 2 heterocycles. The third-order valence-corrected chi connectivity index (χ3v) is 5.13. The van der Waals surface area contributed by atoms with Gasteiger partial charge in [0, 0.05) is 26.2 Å². The first-order valence-corrected chi connectivity index (χ1v) is 10.5. The number of ether oxygens (including phenoxy) is 2. The molecule has 1 fully saturated rings. The number of benzene rings is 2. The fourth-order valence-corrected chi connectivity index (χ4v) is 3.41. The Hall–Kier alpha value is -3.61. The van der Waals surface area contributed by atoms with Crippen LogP contribution in [0.15, 0.2) is 66.7 Å². The molecule has 7 heteroatoms. The summed E-state index contributed by atoms with van der Waals surface area (Å²) in [4.78, 5) is 25.6. The molecule has 0 spiro atoms. The second-order valence-electron chi connectivity index (χ2n) is 7.24. The lowest BCUT2D eigenvalue weighted by Gasteiger charge is -2.34. The van der Waals surface area contributed by atoms with Crippen molar-refractivity contribution < 1.29 is 14.3 Å². The van der Waals surface area contributed by atoms with Gasteiger partial charge in [-0.25, -0.2) is 9.78 Å². The average Bonchev–Trinajstić information content (AvgIpc) is 2.83. The summed E-state index contributed by atoms with van der Waals surface area (Å²) < 4.78 is 11.3. The maximum Gasteiger partial charge on any atom is 0.410 e. The number of rotatable bonds is 6. The highest BCUT2D eigenvalue weighted by molar-refractivity contribution is 5.84. The number of carbonyl (C=O) groups excluding carboxylic acids is 1. The fraction of sp³-hybridized carbons (Fsp3) is 0.292. The van der Waals surface area contributed by atoms with E-state index in [9.17, 15) is 4.79 Å². The minimum absolute atomic E-state index is 0.278. The molecule has 0 bridgehead atoms. The first-order valence-electron chi connectivity index (χ1n) is 10.5. The van der Waals surface area contributed by atoms with Crippen LogP contribution in [0, 0.1) is 0 Å². The molecule has 1 aliphatic rings. The number of piperazine rings is 1. The first-order chi connectivity index (χ1) is 15.2. The quantitative estimate of drug-likeness (QED) is 0.563. The Bertz CT molecular complexity index is 1050. The Morgan fingerprint density at radius 1 is 1.00 bits per heavy atom. The van der Waals surface area contributed by atoms with Crippen molar-refractivity contribution in [2.75, 3.05) is 37.7 Å². The molecule has 1 aliphatic heterocycles. The summed E-state index contributed by atoms with van der Waals surface area (Å²) >= 11 is 0. The Morgan fingerprint density at radius 2 is 1.74 bits per heavy atom. The summed E-state index contributed by atoms with van der Waals surface area (Å²) in [6.45, 7) is 5.06. The second kappa shape index (κ2) is 9.93. The van der Waals surface area contributed by atoms with E-state index in [0.717, 1.165) is 16.5 Å². The number of allylic oxidation sites excluding steroid dienone is 1. The third-order valence-electron chi connectivity index (χ3n) is 5.13. The molecule has 4 rings (SSSR count). The molecule has 0 radical (unpaired) electrons. The molecule has 7 nitrogen and oxygen atoms in total. The van der Waals surface area contributed by atoms with Crippen LogP contribution in [0.5, 0.6) is 5.88 Å². The lowest BCUT2D eigenvalue weighted by Crippen LogP contribution is -2.49. The monoisotopic (exact) mass is 418 g/mol. The van der Waals surface area contributed by atoms with Crippen molar-refractivity contribution in [2.24, 2.45) is 0 Å². The number of amides is 1. The molecule has 3 aromatic rings. The SMILES string of the molecule is C/C=C/COc1nc(N2CCN(C(=O)OCc3ccccc3)CC2)nc2ccccc12. The van der Waals surface area contributed by atoms with Crippen LogP contribution in [0.25, 0.3) is 10.9 Å². The number of nitrogens with zero attached hydrogens (tertiary/aromatic N) is 4. The fourth-order valence-electron chi connectivity index (χ4n) is 3.41. The highest BCUT2D eigenvalue weighted by Crippen LogP contribution is 2.26. The molecule has 1 aromatic heterocycles. The van der Waals surface area contributed by atoms with Gasteiger partial charge in [-0.15, -0.1) is 0 Å². The largest absolute Gasteiger partial charge is 0.473 e. The van der Waals surface area contributed by atoms with Gasteiger partial charge in [0.05, 0.1) is 10.9 Å². The Balaban J connectivity index is 1.40. The van der Waals surface area contributed by atoms with Crippen LogP contribution in [0.2, 0.25) is 0 Å². The summed E-state index contributed by atoms with van der Waals surface area (Å²) in [5, 5.41) is 0.888. The van der Waals surface area contributed by atoms with Crippen LogP contribution >= 0.6 is 0 Å². The molecular weight excluding hydrogens is 392 g/mol. The van der Waals surface area contributed by atoms with Crippen molar-refractivity contribution in [2.45, 2.75) is 13.5 Å². The van der Waals surface area contributed by atoms with Crippen molar-refractivity contribution in [1.29, 1.82) is 0 Å². The number of para-hydroxylation sites is 1. The maximum atomic E-state index is 12.4. The van der Waals surface area contributed by atoms with Gasteiger partial charge in [-0.2, -0.15) is 4.98 Å². The lowest BCUT2D eigenvalue weighted by atomic mass is 10.2. The van der Waals surface area contributed by atoms with E-state index < -0.39 is 0 Å². The van der Waals surface area contributed by atoms with Gasteiger partial charge in [0.25, 0.3) is 0 Å². The molecule has 160 valence electrons. The molecular formula is C24H26N4O3. The summed E-state index contributed by atoms with van der Waals surface area (Å²) in [7, 11) is 0. The van der Waals surface area contributed by atoms with E-state index in [4.69, 9.17) is 14.5 Å². The highest BCUT2D eigenvalue weighted by atomic mass is 16.6. The van der Waals surface area contributed by atoms with Crippen LogP contribution in [0.3, 0.4) is 0 Å². The van der Waals surface area contributed by atoms with E-state index >= 15 is 0 Å². The number of hydrogen-bond acceptors (Lipinski definition) is 6. The highest BCUT2D eigenvalue weighted by Gasteiger charge is 2.24. The van der Waals surface area contributed by atoms with Gasteiger partial charge in [-0.1, -0.05) is 54.6 Å². The second-order valence-corrected chi connectivity index (χ2v) is 7.24. The van der Waals surface area contributed by atoms with Crippen LogP contribution in [-0.2, 0) is 11.3 Å². The molecule has 0 N–H and O–H groups in total. The van der Waals surface area contributed by atoms with Crippen molar-refractivity contribution in [1.82, 2.24) is 14.9 Å². The molecule has 0 unspecified atom stereocenters. The van der Waals surface area contributed by atoms with Crippen molar-refractivity contribution in [3.63, 3.8) is 0 Å². The summed E-state index contributed by atoms with van der Waals surface area (Å²) in [5.74, 6) is 1.19. The summed E-state index contributed by atoms with van der Waals surface area (Å²) in [5.41, 5.74) is 1.82. The molecule has 0 atom stereocenters. The molecule has 1 saturated heterocycles. The van der Waals surface area contributed by atoms with Gasteiger partial charge in [0.15, 0.2) is 0 Å². The van der Waals surface area contributed by atoms with Crippen molar-refractivity contribution >= 4 is 22.9 Å². The number of anilines is 1. The predicted molar refractivity (Wildman–Crippen MR) is 120 cm³/mol. The topological polar surface area (TPSA) is 67.8 Å². The Labute approximate surface area is 181 Å².